The minimum Gasteiger partial charge on any atom is -0.298 e. The van der Waals surface area contributed by atoms with Crippen LogP contribution in [0.25, 0.3) is 0 Å². The molecular weight excluding hydrogens is 376 g/mol. The summed E-state index contributed by atoms with van der Waals surface area (Å²) in [6.45, 7) is 18.2. The van der Waals surface area contributed by atoms with Gasteiger partial charge in [0, 0.05) is 0 Å². The van der Waals surface area contributed by atoms with E-state index in [1.54, 1.807) is 0 Å². The monoisotopic (exact) mass is 424 g/mol. The van der Waals surface area contributed by atoms with Gasteiger partial charge in [0.1, 0.15) is 6.29 Å². The van der Waals surface area contributed by atoms with Gasteiger partial charge in [-0.15, -0.1) is 0 Å². The van der Waals surface area contributed by atoms with Gasteiger partial charge in [-0.1, -0.05) is 54.5 Å². The Hall–Kier alpha value is -0.590. The first-order valence-corrected chi connectivity index (χ1v) is 13.6. The van der Waals surface area contributed by atoms with Crippen LogP contribution < -0.4 is 0 Å². The smallest absolute Gasteiger partial charge is 0.146 e. The Morgan fingerprint density at radius 2 is 1.39 bits per heavy atom. The molecule has 1 heteroatoms. The van der Waals surface area contributed by atoms with E-state index in [0.29, 0.717) is 27.6 Å². The normalized spacial score (nSPS) is 56.2. The second-order valence-electron chi connectivity index (χ2n) is 14.2. The van der Waals surface area contributed by atoms with Crippen LogP contribution in [0.15, 0.2) is 11.6 Å². The van der Waals surface area contributed by atoms with Crippen molar-refractivity contribution in [3.8, 4) is 0 Å². The van der Waals surface area contributed by atoms with E-state index < -0.39 is 0 Å². The zero-order valence-electron chi connectivity index (χ0n) is 21.5. The predicted molar refractivity (Wildman–Crippen MR) is 130 cm³/mol. The summed E-state index contributed by atoms with van der Waals surface area (Å²) in [5.41, 5.74) is 3.15. The topological polar surface area (TPSA) is 17.1 Å². The number of carbonyl (C=O) groups excluding carboxylic acids is 1. The molecular formula is C30H48O. The van der Waals surface area contributed by atoms with Gasteiger partial charge in [-0.2, -0.15) is 0 Å². The molecule has 5 aliphatic rings. The fourth-order valence-electron chi connectivity index (χ4n) is 11.7. The molecule has 0 aromatic rings. The van der Waals surface area contributed by atoms with E-state index in [1.807, 2.05) is 0 Å². The van der Waals surface area contributed by atoms with Crippen LogP contribution in [-0.4, -0.2) is 6.29 Å². The van der Waals surface area contributed by atoms with Gasteiger partial charge in [0.15, 0.2) is 0 Å². The zero-order chi connectivity index (χ0) is 22.4. The van der Waals surface area contributed by atoms with Crippen LogP contribution in [0.4, 0.5) is 0 Å². The van der Waals surface area contributed by atoms with Gasteiger partial charge in [0.25, 0.3) is 0 Å². The summed E-state index contributed by atoms with van der Waals surface area (Å²) in [7, 11) is 0. The van der Waals surface area contributed by atoms with Crippen molar-refractivity contribution in [3.63, 3.8) is 0 Å². The molecule has 0 bridgehead atoms. The van der Waals surface area contributed by atoms with Gasteiger partial charge >= 0.3 is 0 Å². The van der Waals surface area contributed by atoms with E-state index in [9.17, 15) is 4.79 Å². The van der Waals surface area contributed by atoms with E-state index in [0.717, 1.165) is 35.7 Å². The first kappa shape index (κ1) is 22.2. The first-order valence-electron chi connectivity index (χ1n) is 13.6. The molecule has 0 aromatic carbocycles. The highest BCUT2D eigenvalue weighted by atomic mass is 16.1. The third kappa shape index (κ3) is 2.53. The lowest BCUT2D eigenvalue weighted by Crippen LogP contribution is -2.66. The van der Waals surface area contributed by atoms with Crippen molar-refractivity contribution in [1.29, 1.82) is 0 Å². The lowest BCUT2D eigenvalue weighted by Gasteiger charge is -2.73. The van der Waals surface area contributed by atoms with Crippen LogP contribution in [0.2, 0.25) is 0 Å². The van der Waals surface area contributed by atoms with E-state index in [-0.39, 0.29) is 5.41 Å². The van der Waals surface area contributed by atoms with Crippen molar-refractivity contribution in [2.24, 2.45) is 56.7 Å². The minimum absolute atomic E-state index is 0.120. The van der Waals surface area contributed by atoms with Gasteiger partial charge in [0.2, 0.25) is 0 Å². The molecule has 5 aliphatic carbocycles. The molecule has 174 valence electrons. The molecule has 0 saturated heterocycles. The third-order valence-electron chi connectivity index (χ3n) is 13.3. The Labute approximate surface area is 192 Å². The van der Waals surface area contributed by atoms with Crippen molar-refractivity contribution in [2.45, 2.75) is 113 Å². The zero-order valence-corrected chi connectivity index (χ0v) is 21.5. The fourth-order valence-corrected chi connectivity index (χ4v) is 11.7. The van der Waals surface area contributed by atoms with Crippen molar-refractivity contribution in [1.82, 2.24) is 0 Å². The maximum Gasteiger partial charge on any atom is 0.146 e. The van der Waals surface area contributed by atoms with E-state index in [1.165, 1.54) is 64.1 Å². The summed E-state index contributed by atoms with van der Waals surface area (Å²) in [5, 5.41) is 0. The average Bonchev–Trinajstić information content (AvgIpc) is 3.08. The van der Waals surface area contributed by atoms with Crippen LogP contribution in [0, 0.1) is 56.7 Å². The molecule has 0 N–H and O–H groups in total. The molecule has 4 saturated carbocycles. The molecule has 5 rings (SSSR count). The van der Waals surface area contributed by atoms with Crippen LogP contribution in [-0.2, 0) is 4.79 Å². The second-order valence-corrected chi connectivity index (χ2v) is 14.2. The van der Waals surface area contributed by atoms with Gasteiger partial charge in [-0.25, -0.2) is 0 Å². The highest BCUT2D eigenvalue weighted by Gasteiger charge is 2.71. The Bertz CT molecular complexity index is 794. The fraction of sp³-hybridized carbons (Fsp3) is 0.900. The highest BCUT2D eigenvalue weighted by Crippen LogP contribution is 2.78. The Morgan fingerprint density at radius 3 is 2.00 bits per heavy atom. The first-order chi connectivity index (χ1) is 14.5. The standard InChI is InChI=1S/C30H48O/c1-20(2)22-11-12-24-27(22,4)15-17-30(7)25-13-14-26(3)21(19-31)9-8-10-23(26)28(25,5)16-18-29(24,30)6/h9,19-20,22-25H,8,10-18H2,1-7H3/t22-,23+,24+,25-,26-,27-,28+,29+,30-/m1/s1. The molecule has 4 fully saturated rings. The highest BCUT2D eigenvalue weighted by molar-refractivity contribution is 5.76. The molecule has 0 unspecified atom stereocenters. The summed E-state index contributed by atoms with van der Waals surface area (Å²) < 4.78 is 0. The number of hydrogen-bond acceptors (Lipinski definition) is 1. The van der Waals surface area contributed by atoms with Crippen LogP contribution in [0.1, 0.15) is 113 Å². The Balaban J connectivity index is 1.54. The largest absolute Gasteiger partial charge is 0.298 e. The molecule has 0 spiro atoms. The number of rotatable bonds is 2. The third-order valence-corrected chi connectivity index (χ3v) is 13.3. The van der Waals surface area contributed by atoms with Crippen molar-refractivity contribution < 1.29 is 4.79 Å². The summed E-state index contributed by atoms with van der Waals surface area (Å²) in [4.78, 5) is 12.0. The Morgan fingerprint density at radius 1 is 0.774 bits per heavy atom. The molecule has 0 radical (unpaired) electrons. The molecule has 31 heavy (non-hydrogen) atoms. The SMILES string of the molecule is CC(C)[C@H]1CC[C@H]2[C@]1(C)CC[C@]1(C)[C@@H]3CC[C@]4(C)C(C=O)=CCC[C@@H]4[C@]3(C)CC[C@@]21C. The maximum absolute atomic E-state index is 12.0. The van der Waals surface area contributed by atoms with E-state index in [2.05, 4.69) is 54.5 Å². The quantitative estimate of drug-likeness (QED) is 0.408. The minimum atomic E-state index is 0.120. The number of allylic oxidation sites excluding steroid dienone is 2. The number of hydrogen-bond donors (Lipinski definition) is 0. The summed E-state index contributed by atoms with van der Waals surface area (Å²) in [6.07, 6.45) is 17.0. The average molecular weight is 425 g/mol. The number of aldehydes is 1. The summed E-state index contributed by atoms with van der Waals surface area (Å²) in [5.74, 6) is 4.15. The number of carbonyl (C=O) groups is 1. The second kappa shape index (κ2) is 6.73. The molecule has 0 aromatic heterocycles. The van der Waals surface area contributed by atoms with Crippen molar-refractivity contribution >= 4 is 6.29 Å². The molecule has 9 atom stereocenters. The van der Waals surface area contributed by atoms with Gasteiger partial charge in [0.05, 0.1) is 0 Å². The van der Waals surface area contributed by atoms with Crippen molar-refractivity contribution in [2.75, 3.05) is 0 Å². The molecule has 1 nitrogen and oxygen atoms in total. The Kier molecular flexibility index (Phi) is 4.82. The van der Waals surface area contributed by atoms with Gasteiger partial charge in [-0.3, -0.25) is 4.79 Å². The van der Waals surface area contributed by atoms with Crippen LogP contribution in [0.3, 0.4) is 0 Å². The van der Waals surface area contributed by atoms with Crippen LogP contribution >= 0.6 is 0 Å². The maximum atomic E-state index is 12.0. The molecule has 0 aliphatic heterocycles. The van der Waals surface area contributed by atoms with Crippen LogP contribution in [0.5, 0.6) is 0 Å². The summed E-state index contributed by atoms with van der Waals surface area (Å²) >= 11 is 0. The van der Waals surface area contributed by atoms with Crippen molar-refractivity contribution in [3.05, 3.63) is 11.6 Å². The summed E-state index contributed by atoms with van der Waals surface area (Å²) in [6, 6.07) is 0. The van der Waals surface area contributed by atoms with Gasteiger partial charge < -0.3 is 0 Å². The molecule has 0 heterocycles. The number of fused-ring (bicyclic) bond motifs is 7. The van der Waals surface area contributed by atoms with E-state index in [4.69, 9.17) is 0 Å². The lowest BCUT2D eigenvalue weighted by molar-refractivity contribution is -0.235. The van der Waals surface area contributed by atoms with E-state index >= 15 is 0 Å². The molecule has 0 amide bonds. The lowest BCUT2D eigenvalue weighted by atomic mass is 9.32. The van der Waals surface area contributed by atoms with Gasteiger partial charge in [-0.05, 0) is 126 Å². The predicted octanol–water partition coefficient (Wildman–Crippen LogP) is 8.23.